The van der Waals surface area contributed by atoms with Crippen LogP contribution in [0.15, 0.2) is 48.5 Å². The van der Waals surface area contributed by atoms with Crippen molar-refractivity contribution in [3.8, 4) is 0 Å². The van der Waals surface area contributed by atoms with Gasteiger partial charge in [0, 0.05) is 5.56 Å². The van der Waals surface area contributed by atoms with Crippen molar-refractivity contribution in [1.29, 1.82) is 0 Å². The standard InChI is InChI=1S/C18H17FN2O2/c19-15-8-4-7-14-13(15)9-10-16(14)21(11-17(20)22)18(23)12-5-2-1-3-6-12/h1-8,16H,9-11H2,(H2,20,22). The number of benzene rings is 2. The van der Waals surface area contributed by atoms with Gasteiger partial charge in [-0.3, -0.25) is 9.59 Å². The Morgan fingerprint density at radius 1 is 1.13 bits per heavy atom. The minimum Gasteiger partial charge on any atom is -0.368 e. The Balaban J connectivity index is 1.97. The number of primary amides is 1. The van der Waals surface area contributed by atoms with Crippen LogP contribution in [0.25, 0.3) is 0 Å². The molecular weight excluding hydrogens is 295 g/mol. The summed E-state index contributed by atoms with van der Waals surface area (Å²) in [7, 11) is 0. The molecule has 0 aliphatic heterocycles. The molecular formula is C18H17FN2O2. The van der Waals surface area contributed by atoms with E-state index in [9.17, 15) is 14.0 Å². The van der Waals surface area contributed by atoms with Crippen molar-refractivity contribution in [2.24, 2.45) is 5.73 Å². The van der Waals surface area contributed by atoms with Crippen LogP contribution < -0.4 is 5.73 Å². The molecule has 0 aromatic heterocycles. The van der Waals surface area contributed by atoms with Gasteiger partial charge in [0.25, 0.3) is 5.91 Å². The largest absolute Gasteiger partial charge is 0.368 e. The monoisotopic (exact) mass is 312 g/mol. The Hall–Kier alpha value is -2.69. The van der Waals surface area contributed by atoms with Crippen molar-refractivity contribution in [2.75, 3.05) is 6.54 Å². The lowest BCUT2D eigenvalue weighted by molar-refractivity contribution is -0.119. The van der Waals surface area contributed by atoms with E-state index in [0.717, 1.165) is 5.56 Å². The van der Waals surface area contributed by atoms with Crippen LogP contribution in [0.2, 0.25) is 0 Å². The van der Waals surface area contributed by atoms with Gasteiger partial charge in [0.05, 0.1) is 6.04 Å². The third-order valence-corrected chi connectivity index (χ3v) is 4.17. The van der Waals surface area contributed by atoms with Crippen LogP contribution in [0.5, 0.6) is 0 Å². The molecule has 4 nitrogen and oxygen atoms in total. The van der Waals surface area contributed by atoms with Crippen LogP contribution in [0, 0.1) is 5.82 Å². The maximum Gasteiger partial charge on any atom is 0.254 e. The summed E-state index contributed by atoms with van der Waals surface area (Å²) in [5.74, 6) is -1.12. The molecule has 1 aliphatic carbocycles. The smallest absolute Gasteiger partial charge is 0.254 e. The number of hydrogen-bond acceptors (Lipinski definition) is 2. The zero-order valence-corrected chi connectivity index (χ0v) is 12.5. The molecule has 0 heterocycles. The summed E-state index contributed by atoms with van der Waals surface area (Å²) in [4.78, 5) is 25.7. The van der Waals surface area contributed by atoms with E-state index in [1.165, 1.54) is 11.0 Å². The van der Waals surface area contributed by atoms with E-state index < -0.39 is 5.91 Å². The first-order chi connectivity index (χ1) is 11.1. The third kappa shape index (κ3) is 2.95. The Kier molecular flexibility index (Phi) is 4.10. The third-order valence-electron chi connectivity index (χ3n) is 4.17. The highest BCUT2D eigenvalue weighted by Crippen LogP contribution is 2.37. The molecule has 2 N–H and O–H groups in total. The van der Waals surface area contributed by atoms with Crippen molar-refractivity contribution in [2.45, 2.75) is 18.9 Å². The average Bonchev–Trinajstić information content (AvgIpc) is 2.98. The molecule has 1 unspecified atom stereocenters. The highest BCUT2D eigenvalue weighted by Gasteiger charge is 2.33. The van der Waals surface area contributed by atoms with Crippen molar-refractivity contribution < 1.29 is 14.0 Å². The van der Waals surface area contributed by atoms with E-state index in [1.54, 1.807) is 30.3 Å². The van der Waals surface area contributed by atoms with Crippen LogP contribution in [0.4, 0.5) is 4.39 Å². The zero-order valence-electron chi connectivity index (χ0n) is 12.5. The molecule has 2 aromatic rings. The first-order valence-electron chi connectivity index (χ1n) is 7.49. The highest BCUT2D eigenvalue weighted by atomic mass is 19.1. The van der Waals surface area contributed by atoms with Gasteiger partial charge in [-0.25, -0.2) is 4.39 Å². The van der Waals surface area contributed by atoms with E-state index in [2.05, 4.69) is 0 Å². The maximum atomic E-state index is 13.9. The first-order valence-corrected chi connectivity index (χ1v) is 7.49. The molecule has 0 saturated carbocycles. The first kappa shape index (κ1) is 15.2. The predicted molar refractivity (Wildman–Crippen MR) is 84.1 cm³/mol. The molecule has 0 radical (unpaired) electrons. The number of carbonyl (C=O) groups excluding carboxylic acids is 2. The normalized spacial score (nSPS) is 16.0. The number of fused-ring (bicyclic) bond motifs is 1. The summed E-state index contributed by atoms with van der Waals surface area (Å²) < 4.78 is 13.9. The summed E-state index contributed by atoms with van der Waals surface area (Å²) in [6.45, 7) is -0.186. The zero-order chi connectivity index (χ0) is 16.4. The van der Waals surface area contributed by atoms with E-state index in [4.69, 9.17) is 5.73 Å². The summed E-state index contributed by atoms with van der Waals surface area (Å²) in [5.41, 5.74) is 7.18. The van der Waals surface area contributed by atoms with Crippen LogP contribution in [0.3, 0.4) is 0 Å². The van der Waals surface area contributed by atoms with Gasteiger partial charge in [-0.1, -0.05) is 30.3 Å². The molecule has 2 amide bonds. The van der Waals surface area contributed by atoms with Crippen molar-refractivity contribution in [3.63, 3.8) is 0 Å². The Morgan fingerprint density at radius 3 is 2.57 bits per heavy atom. The molecule has 3 rings (SSSR count). The molecule has 0 fully saturated rings. The lowest BCUT2D eigenvalue weighted by Crippen LogP contribution is -2.40. The summed E-state index contributed by atoms with van der Waals surface area (Å²) in [6.07, 6.45) is 1.13. The maximum absolute atomic E-state index is 13.9. The fourth-order valence-corrected chi connectivity index (χ4v) is 3.15. The van der Waals surface area contributed by atoms with Gasteiger partial charge >= 0.3 is 0 Å². The molecule has 1 aliphatic rings. The van der Waals surface area contributed by atoms with E-state index in [0.29, 0.717) is 24.0 Å². The number of hydrogen-bond donors (Lipinski definition) is 1. The fourth-order valence-electron chi connectivity index (χ4n) is 3.15. The molecule has 0 spiro atoms. The van der Waals surface area contributed by atoms with Gasteiger partial charge in [0.1, 0.15) is 12.4 Å². The Morgan fingerprint density at radius 2 is 1.87 bits per heavy atom. The van der Waals surface area contributed by atoms with Gasteiger partial charge in [-0.15, -0.1) is 0 Å². The van der Waals surface area contributed by atoms with Crippen molar-refractivity contribution in [1.82, 2.24) is 4.90 Å². The minimum absolute atomic E-state index is 0.186. The topological polar surface area (TPSA) is 63.4 Å². The number of rotatable bonds is 4. The molecule has 5 heteroatoms. The van der Waals surface area contributed by atoms with Crippen LogP contribution in [0.1, 0.15) is 33.9 Å². The molecule has 118 valence electrons. The Labute approximate surface area is 133 Å². The number of nitrogens with two attached hydrogens (primary N) is 1. The molecule has 2 aromatic carbocycles. The number of amides is 2. The lowest BCUT2D eigenvalue weighted by atomic mass is 10.0. The van der Waals surface area contributed by atoms with E-state index in [1.807, 2.05) is 12.1 Å². The quantitative estimate of drug-likeness (QED) is 0.942. The lowest BCUT2D eigenvalue weighted by Gasteiger charge is -2.28. The predicted octanol–water partition coefficient (Wildman–Crippen LogP) is 2.44. The summed E-state index contributed by atoms with van der Waals surface area (Å²) in [5, 5.41) is 0. The fraction of sp³-hybridized carbons (Fsp3) is 0.222. The Bertz CT molecular complexity index is 746. The number of halogens is 1. The van der Waals surface area contributed by atoms with Gasteiger partial charge in [0.2, 0.25) is 5.91 Å². The number of nitrogens with zero attached hydrogens (tertiary/aromatic N) is 1. The molecule has 1 atom stereocenters. The van der Waals surface area contributed by atoms with Crippen LogP contribution >= 0.6 is 0 Å². The SMILES string of the molecule is NC(=O)CN(C(=O)c1ccccc1)C1CCc2c(F)cccc21. The van der Waals surface area contributed by atoms with Gasteiger partial charge in [-0.05, 0) is 42.2 Å². The average molecular weight is 312 g/mol. The highest BCUT2D eigenvalue weighted by molar-refractivity contribution is 5.96. The van der Waals surface area contributed by atoms with Crippen LogP contribution in [-0.2, 0) is 11.2 Å². The van der Waals surface area contributed by atoms with Gasteiger partial charge < -0.3 is 10.6 Å². The van der Waals surface area contributed by atoms with Gasteiger partial charge in [0.15, 0.2) is 0 Å². The summed E-state index contributed by atoms with van der Waals surface area (Å²) >= 11 is 0. The van der Waals surface area contributed by atoms with Crippen molar-refractivity contribution >= 4 is 11.8 Å². The van der Waals surface area contributed by atoms with E-state index >= 15 is 0 Å². The second-order valence-corrected chi connectivity index (χ2v) is 5.63. The van der Waals surface area contributed by atoms with E-state index in [-0.39, 0.29) is 24.3 Å². The van der Waals surface area contributed by atoms with Crippen LogP contribution in [-0.4, -0.2) is 23.3 Å². The summed E-state index contributed by atoms with van der Waals surface area (Å²) in [6, 6.07) is 13.2. The second kappa shape index (κ2) is 6.20. The molecule has 0 saturated heterocycles. The van der Waals surface area contributed by atoms with Gasteiger partial charge in [-0.2, -0.15) is 0 Å². The minimum atomic E-state index is -0.584. The number of carbonyl (C=O) groups is 2. The molecule has 0 bridgehead atoms. The second-order valence-electron chi connectivity index (χ2n) is 5.63. The molecule has 23 heavy (non-hydrogen) atoms. The van der Waals surface area contributed by atoms with Crippen molar-refractivity contribution in [3.05, 3.63) is 71.0 Å².